The zero-order valence-electron chi connectivity index (χ0n) is 5.13. The largest absolute Gasteiger partial charge is 0.307 e. The molecule has 0 saturated carbocycles. The van der Waals surface area contributed by atoms with Gasteiger partial charge in [-0.05, 0) is 6.92 Å². The molecule has 0 aromatic carbocycles. The van der Waals surface area contributed by atoms with E-state index in [1.165, 1.54) is 0 Å². The van der Waals surface area contributed by atoms with E-state index in [0.717, 1.165) is 5.69 Å². The fourth-order valence-electron chi connectivity index (χ4n) is 0.467. The van der Waals surface area contributed by atoms with E-state index in [2.05, 4.69) is 15.4 Å². The molecule has 0 spiro atoms. The molecule has 0 amide bonds. The normalized spacial score (nSPS) is 9.11. The maximum absolute atomic E-state index is 5.05. The summed E-state index contributed by atoms with van der Waals surface area (Å²) in [4.78, 5) is 7.84. The second-order valence-electron chi connectivity index (χ2n) is 1.69. The number of hydrogen-bond acceptors (Lipinski definition) is 4. The van der Waals surface area contributed by atoms with Crippen LogP contribution in [0.2, 0.25) is 0 Å². The fourth-order valence-corrected chi connectivity index (χ4v) is 0.467. The van der Waals surface area contributed by atoms with Crippen molar-refractivity contribution in [3.05, 3.63) is 18.1 Å². The van der Waals surface area contributed by atoms with Crippen LogP contribution in [-0.2, 0) is 0 Å². The lowest BCUT2D eigenvalue weighted by Crippen LogP contribution is -2.08. The number of hydrogen-bond donors (Lipinski definition) is 2. The zero-order chi connectivity index (χ0) is 6.69. The molecule has 0 aliphatic rings. The number of aryl methyl sites for hydroxylation is 1. The summed E-state index contributed by atoms with van der Waals surface area (Å²) in [5, 5.41) is 0. The molecule has 4 heteroatoms. The summed E-state index contributed by atoms with van der Waals surface area (Å²) < 4.78 is 0. The molecule has 0 saturated heterocycles. The molecular weight excluding hydrogens is 116 g/mol. The van der Waals surface area contributed by atoms with E-state index in [1.54, 1.807) is 12.4 Å². The highest BCUT2D eigenvalue weighted by atomic mass is 15.3. The molecule has 3 N–H and O–H groups in total. The average Bonchev–Trinajstić information content (AvgIpc) is 1.90. The van der Waals surface area contributed by atoms with Gasteiger partial charge in [0.2, 0.25) is 0 Å². The van der Waals surface area contributed by atoms with Gasteiger partial charge in [0.1, 0.15) is 0 Å². The lowest BCUT2D eigenvalue weighted by molar-refractivity contribution is 1.10. The highest BCUT2D eigenvalue weighted by Gasteiger charge is 1.87. The van der Waals surface area contributed by atoms with Crippen molar-refractivity contribution in [3.8, 4) is 0 Å². The summed E-state index contributed by atoms with van der Waals surface area (Å²) in [6.07, 6.45) is 3.23. The zero-order valence-corrected chi connectivity index (χ0v) is 5.13. The van der Waals surface area contributed by atoms with E-state index in [0.29, 0.717) is 5.82 Å². The molecular formula is C5H8N4. The highest BCUT2D eigenvalue weighted by Crippen LogP contribution is 1.95. The van der Waals surface area contributed by atoms with E-state index >= 15 is 0 Å². The number of anilines is 1. The van der Waals surface area contributed by atoms with Gasteiger partial charge < -0.3 is 5.43 Å². The predicted octanol–water partition coefficient (Wildman–Crippen LogP) is 0.0706. The fraction of sp³-hybridized carbons (Fsp3) is 0.200. The molecule has 48 valence electrons. The predicted molar refractivity (Wildman–Crippen MR) is 34.6 cm³/mol. The van der Waals surface area contributed by atoms with Gasteiger partial charge in [0.05, 0.1) is 18.1 Å². The van der Waals surface area contributed by atoms with Crippen LogP contribution < -0.4 is 11.3 Å². The Labute approximate surface area is 53.1 Å². The Bertz CT molecular complexity index is 181. The minimum absolute atomic E-state index is 0.584. The first-order valence-corrected chi connectivity index (χ1v) is 2.58. The van der Waals surface area contributed by atoms with Gasteiger partial charge in [-0.1, -0.05) is 0 Å². The number of nitrogens with one attached hydrogen (secondary N) is 1. The van der Waals surface area contributed by atoms with Crippen LogP contribution in [0.3, 0.4) is 0 Å². The van der Waals surface area contributed by atoms with E-state index in [1.807, 2.05) is 6.92 Å². The SMILES string of the molecule is Cc1cnc(NN)cn1. The van der Waals surface area contributed by atoms with Crippen LogP contribution in [0, 0.1) is 6.92 Å². The molecule has 0 bridgehead atoms. The molecule has 0 radical (unpaired) electrons. The van der Waals surface area contributed by atoms with Crippen molar-refractivity contribution >= 4 is 5.82 Å². The van der Waals surface area contributed by atoms with Gasteiger partial charge in [0.15, 0.2) is 5.82 Å². The van der Waals surface area contributed by atoms with Gasteiger partial charge in [0, 0.05) is 0 Å². The van der Waals surface area contributed by atoms with E-state index in [-0.39, 0.29) is 0 Å². The van der Waals surface area contributed by atoms with E-state index in [4.69, 9.17) is 5.84 Å². The minimum Gasteiger partial charge on any atom is -0.307 e. The Morgan fingerprint density at radius 1 is 1.44 bits per heavy atom. The van der Waals surface area contributed by atoms with Crippen molar-refractivity contribution in [2.75, 3.05) is 5.43 Å². The van der Waals surface area contributed by atoms with Crippen LogP contribution in [0.4, 0.5) is 5.82 Å². The molecule has 4 nitrogen and oxygen atoms in total. The van der Waals surface area contributed by atoms with Crippen molar-refractivity contribution in [2.24, 2.45) is 5.84 Å². The van der Waals surface area contributed by atoms with E-state index < -0.39 is 0 Å². The van der Waals surface area contributed by atoms with Gasteiger partial charge in [-0.3, -0.25) is 4.98 Å². The lowest BCUT2D eigenvalue weighted by atomic mass is 10.5. The van der Waals surface area contributed by atoms with Crippen molar-refractivity contribution in [2.45, 2.75) is 6.92 Å². The molecule has 1 aromatic heterocycles. The van der Waals surface area contributed by atoms with Crippen LogP contribution in [0.5, 0.6) is 0 Å². The molecule has 1 rings (SSSR count). The van der Waals surface area contributed by atoms with Gasteiger partial charge in [-0.15, -0.1) is 0 Å². The first kappa shape index (κ1) is 5.97. The quantitative estimate of drug-likeness (QED) is 0.411. The van der Waals surface area contributed by atoms with Crippen LogP contribution in [0.1, 0.15) is 5.69 Å². The Morgan fingerprint density at radius 2 is 2.22 bits per heavy atom. The van der Waals surface area contributed by atoms with Crippen molar-refractivity contribution in [1.82, 2.24) is 9.97 Å². The monoisotopic (exact) mass is 124 g/mol. The topological polar surface area (TPSA) is 63.8 Å². The number of hydrazine groups is 1. The van der Waals surface area contributed by atoms with Crippen molar-refractivity contribution in [1.29, 1.82) is 0 Å². The molecule has 1 aromatic rings. The Balaban J connectivity index is 2.88. The third-order valence-corrected chi connectivity index (χ3v) is 0.929. The number of nitrogens with two attached hydrogens (primary N) is 1. The standard InChI is InChI=1S/C5H8N4/c1-4-2-8-5(9-6)3-7-4/h2-3H,6H2,1H3,(H,8,9). The van der Waals surface area contributed by atoms with Crippen molar-refractivity contribution in [3.63, 3.8) is 0 Å². The van der Waals surface area contributed by atoms with Gasteiger partial charge in [0.25, 0.3) is 0 Å². The minimum atomic E-state index is 0.584. The number of aromatic nitrogens is 2. The number of nitrogen functional groups attached to an aromatic ring is 1. The summed E-state index contributed by atoms with van der Waals surface area (Å²) in [5.74, 6) is 5.63. The Hall–Kier alpha value is -1.16. The molecule has 0 aliphatic heterocycles. The van der Waals surface area contributed by atoms with E-state index in [9.17, 15) is 0 Å². The Kier molecular flexibility index (Phi) is 1.60. The molecule has 0 atom stereocenters. The first-order chi connectivity index (χ1) is 4.33. The highest BCUT2D eigenvalue weighted by molar-refractivity contribution is 5.28. The maximum atomic E-state index is 5.05. The summed E-state index contributed by atoms with van der Waals surface area (Å²) in [7, 11) is 0. The molecule has 9 heavy (non-hydrogen) atoms. The van der Waals surface area contributed by atoms with Crippen molar-refractivity contribution < 1.29 is 0 Å². The first-order valence-electron chi connectivity index (χ1n) is 2.58. The van der Waals surface area contributed by atoms with Crippen LogP contribution >= 0.6 is 0 Å². The van der Waals surface area contributed by atoms with Crippen LogP contribution in [0.25, 0.3) is 0 Å². The summed E-state index contributed by atoms with van der Waals surface area (Å²) >= 11 is 0. The maximum Gasteiger partial charge on any atom is 0.158 e. The third kappa shape index (κ3) is 1.36. The number of rotatable bonds is 1. The summed E-state index contributed by atoms with van der Waals surface area (Å²) in [6, 6.07) is 0. The molecule has 0 fully saturated rings. The molecule has 0 aliphatic carbocycles. The van der Waals surface area contributed by atoms with Gasteiger partial charge >= 0.3 is 0 Å². The summed E-state index contributed by atoms with van der Waals surface area (Å²) in [6.45, 7) is 1.87. The third-order valence-electron chi connectivity index (χ3n) is 0.929. The Morgan fingerprint density at radius 3 is 2.67 bits per heavy atom. The van der Waals surface area contributed by atoms with Crippen LogP contribution in [-0.4, -0.2) is 9.97 Å². The summed E-state index contributed by atoms with van der Waals surface area (Å²) in [5.41, 5.74) is 3.26. The second kappa shape index (κ2) is 2.41. The van der Waals surface area contributed by atoms with Gasteiger partial charge in [-0.2, -0.15) is 0 Å². The molecule has 0 unspecified atom stereocenters. The van der Waals surface area contributed by atoms with Gasteiger partial charge in [-0.25, -0.2) is 10.8 Å². The van der Waals surface area contributed by atoms with Crippen LogP contribution in [0.15, 0.2) is 12.4 Å². The molecule has 1 heterocycles. The lowest BCUT2D eigenvalue weighted by Gasteiger charge is -1.95. The average molecular weight is 124 g/mol. The number of nitrogens with zero attached hydrogens (tertiary/aromatic N) is 2. The second-order valence-corrected chi connectivity index (χ2v) is 1.69. The smallest absolute Gasteiger partial charge is 0.158 e.